The number of hydrogen-bond acceptors (Lipinski definition) is 6. The quantitative estimate of drug-likeness (QED) is 0.531. The predicted molar refractivity (Wildman–Crippen MR) is 115 cm³/mol. The number of nitrogens with zero attached hydrogens (tertiary/aromatic N) is 6. The summed E-state index contributed by atoms with van der Waals surface area (Å²) in [5.74, 6) is 0.155. The zero-order chi connectivity index (χ0) is 24.6. The Kier molecular flexibility index (Phi) is 6.56. The highest BCUT2D eigenvalue weighted by Gasteiger charge is 2.34. The van der Waals surface area contributed by atoms with E-state index in [4.69, 9.17) is 0 Å². The number of aryl methyl sites for hydroxylation is 1. The number of amides is 1. The molecule has 3 aromatic rings. The first-order chi connectivity index (χ1) is 15.3. The van der Waals surface area contributed by atoms with Crippen LogP contribution in [0.4, 0.5) is 13.2 Å². The first-order valence-corrected chi connectivity index (χ1v) is 10.5. The van der Waals surface area contributed by atoms with Gasteiger partial charge in [-0.3, -0.25) is 4.79 Å². The van der Waals surface area contributed by atoms with Gasteiger partial charge in [0.1, 0.15) is 5.82 Å². The molecule has 0 saturated heterocycles. The summed E-state index contributed by atoms with van der Waals surface area (Å²) in [6.07, 6.45) is -1.64. The summed E-state index contributed by atoms with van der Waals surface area (Å²) < 4.78 is 42.4. The van der Waals surface area contributed by atoms with Crippen molar-refractivity contribution in [1.29, 1.82) is 5.26 Å². The summed E-state index contributed by atoms with van der Waals surface area (Å²) in [6.45, 7) is 6.23. The highest BCUT2D eigenvalue weighted by Crippen LogP contribution is 2.34. The van der Waals surface area contributed by atoms with Crippen molar-refractivity contribution >= 4 is 21.8 Å². The van der Waals surface area contributed by atoms with Gasteiger partial charge in [0.15, 0.2) is 5.82 Å². The minimum Gasteiger partial charge on any atom is -0.342 e. The second-order valence-corrected chi connectivity index (χ2v) is 8.77. The van der Waals surface area contributed by atoms with E-state index in [1.807, 2.05) is 6.07 Å². The van der Waals surface area contributed by atoms with E-state index in [1.165, 1.54) is 37.0 Å². The van der Waals surface area contributed by atoms with Gasteiger partial charge < -0.3 is 5.32 Å². The molecule has 172 valence electrons. The van der Waals surface area contributed by atoms with E-state index in [2.05, 4.69) is 41.3 Å². The first kappa shape index (κ1) is 24.3. The van der Waals surface area contributed by atoms with Crippen LogP contribution in [-0.4, -0.2) is 30.6 Å². The lowest BCUT2D eigenvalue weighted by molar-refractivity contribution is -0.137. The van der Waals surface area contributed by atoms with Crippen molar-refractivity contribution in [2.45, 2.75) is 45.3 Å². The fourth-order valence-electron chi connectivity index (χ4n) is 2.97. The number of halogens is 4. The zero-order valence-corrected chi connectivity index (χ0v) is 19.7. The predicted octanol–water partition coefficient (Wildman–Crippen LogP) is 4.44. The van der Waals surface area contributed by atoms with Crippen LogP contribution in [0.3, 0.4) is 0 Å². The molecular weight excluding hydrogens is 503 g/mol. The van der Waals surface area contributed by atoms with Crippen LogP contribution < -0.4 is 5.32 Å². The van der Waals surface area contributed by atoms with Crippen LogP contribution in [0.2, 0.25) is 0 Å². The summed E-state index contributed by atoms with van der Waals surface area (Å²) in [5, 5.41) is 16.2. The smallest absolute Gasteiger partial charge is 0.342 e. The zero-order valence-electron chi connectivity index (χ0n) is 18.1. The van der Waals surface area contributed by atoms with Crippen molar-refractivity contribution < 1.29 is 18.0 Å². The van der Waals surface area contributed by atoms with Gasteiger partial charge in [-0.2, -0.15) is 23.1 Å². The minimum absolute atomic E-state index is 0.0832. The number of hydrogen-bond donors (Lipinski definition) is 1. The van der Waals surface area contributed by atoms with E-state index < -0.39 is 29.1 Å². The molecular formula is C21H19BrF3N7O. The molecule has 0 saturated carbocycles. The first-order valence-electron chi connectivity index (χ1n) is 9.68. The molecule has 1 unspecified atom stereocenters. The molecule has 33 heavy (non-hydrogen) atoms. The SMILES string of the molecule is Cc1nc(C(C)NC(=O)c2cc(C(F)(F)F)cc(C(C)(C)C#N)c2)n(-c2ncc(Br)cn2)n1. The Bertz CT molecular complexity index is 1230. The van der Waals surface area contributed by atoms with E-state index in [0.29, 0.717) is 16.1 Å². The minimum atomic E-state index is -4.68. The molecule has 0 radical (unpaired) electrons. The summed E-state index contributed by atoms with van der Waals surface area (Å²) in [4.78, 5) is 25.5. The molecule has 0 aliphatic rings. The highest BCUT2D eigenvalue weighted by atomic mass is 79.9. The van der Waals surface area contributed by atoms with Crippen molar-refractivity contribution in [2.75, 3.05) is 0 Å². The molecule has 1 atom stereocenters. The van der Waals surface area contributed by atoms with Gasteiger partial charge in [-0.25, -0.2) is 15.0 Å². The molecule has 1 aromatic carbocycles. The van der Waals surface area contributed by atoms with Crippen LogP contribution in [0.15, 0.2) is 35.1 Å². The lowest BCUT2D eigenvalue weighted by Crippen LogP contribution is -2.30. The molecule has 2 heterocycles. The molecule has 8 nitrogen and oxygen atoms in total. The van der Waals surface area contributed by atoms with E-state index >= 15 is 0 Å². The van der Waals surface area contributed by atoms with Crippen LogP contribution in [0.5, 0.6) is 0 Å². The van der Waals surface area contributed by atoms with Gasteiger partial charge in [0, 0.05) is 18.0 Å². The molecule has 0 spiro atoms. The van der Waals surface area contributed by atoms with Crippen LogP contribution in [-0.2, 0) is 11.6 Å². The van der Waals surface area contributed by atoms with Gasteiger partial charge in [-0.05, 0) is 67.4 Å². The normalized spacial score (nSPS) is 12.8. The molecule has 12 heteroatoms. The summed E-state index contributed by atoms with van der Waals surface area (Å²) in [5.41, 5.74) is -2.38. The molecule has 1 N–H and O–H groups in total. The Morgan fingerprint density at radius 3 is 2.36 bits per heavy atom. The van der Waals surface area contributed by atoms with E-state index in [-0.39, 0.29) is 17.1 Å². The second kappa shape index (κ2) is 8.90. The molecule has 0 bridgehead atoms. The summed E-state index contributed by atoms with van der Waals surface area (Å²) in [6, 6.07) is 4.15. The third-order valence-corrected chi connectivity index (χ3v) is 5.20. The number of alkyl halides is 3. The number of carbonyl (C=O) groups excluding carboxylic acids is 1. The molecule has 0 aliphatic heterocycles. The van der Waals surface area contributed by atoms with Crippen molar-refractivity contribution in [2.24, 2.45) is 0 Å². The largest absolute Gasteiger partial charge is 0.416 e. The average Bonchev–Trinajstić information content (AvgIpc) is 3.15. The Balaban J connectivity index is 1.96. The third-order valence-electron chi connectivity index (χ3n) is 4.79. The fraction of sp³-hybridized carbons (Fsp3) is 0.333. The van der Waals surface area contributed by atoms with Crippen molar-refractivity contribution in [3.05, 3.63) is 63.4 Å². The Hall–Kier alpha value is -3.33. The number of nitriles is 1. The lowest BCUT2D eigenvalue weighted by Gasteiger charge is -2.20. The Morgan fingerprint density at radius 2 is 1.79 bits per heavy atom. The van der Waals surface area contributed by atoms with Crippen molar-refractivity contribution in [1.82, 2.24) is 30.0 Å². The van der Waals surface area contributed by atoms with Gasteiger partial charge >= 0.3 is 6.18 Å². The Labute approximate surface area is 196 Å². The molecule has 3 rings (SSSR count). The fourth-order valence-corrected chi connectivity index (χ4v) is 3.17. The molecule has 1 amide bonds. The summed E-state index contributed by atoms with van der Waals surface area (Å²) >= 11 is 3.25. The standard InChI is InChI=1S/C21H19BrF3N7O/c1-11(17-30-12(2)31-32(17)19-27-8-16(22)9-28-19)29-18(33)13-5-14(20(3,4)10-26)7-15(6-13)21(23,24)25/h5-9,11H,1-4H3,(H,29,33). The van der Waals surface area contributed by atoms with Crippen molar-refractivity contribution in [3.8, 4) is 12.0 Å². The van der Waals surface area contributed by atoms with Gasteiger partial charge in [0.05, 0.1) is 27.6 Å². The van der Waals surface area contributed by atoms with Gasteiger partial charge in [-0.15, -0.1) is 5.10 Å². The highest BCUT2D eigenvalue weighted by molar-refractivity contribution is 9.10. The monoisotopic (exact) mass is 521 g/mol. The van der Waals surface area contributed by atoms with Crippen LogP contribution >= 0.6 is 15.9 Å². The van der Waals surface area contributed by atoms with Crippen molar-refractivity contribution in [3.63, 3.8) is 0 Å². The topological polar surface area (TPSA) is 109 Å². The van der Waals surface area contributed by atoms with Crippen LogP contribution in [0, 0.1) is 18.3 Å². The lowest BCUT2D eigenvalue weighted by atomic mass is 9.84. The maximum absolute atomic E-state index is 13.4. The van der Waals surface area contributed by atoms with Gasteiger partial charge in [0.2, 0.25) is 0 Å². The number of aromatic nitrogens is 5. The molecule has 2 aromatic heterocycles. The number of carbonyl (C=O) groups is 1. The van der Waals surface area contributed by atoms with E-state index in [1.54, 1.807) is 13.8 Å². The second-order valence-electron chi connectivity index (χ2n) is 7.86. The number of benzene rings is 1. The molecule has 0 fully saturated rings. The number of rotatable bonds is 5. The maximum Gasteiger partial charge on any atom is 0.416 e. The van der Waals surface area contributed by atoms with Crippen LogP contribution in [0.25, 0.3) is 5.95 Å². The van der Waals surface area contributed by atoms with E-state index in [9.17, 15) is 23.2 Å². The maximum atomic E-state index is 13.4. The van der Waals surface area contributed by atoms with E-state index in [0.717, 1.165) is 12.1 Å². The number of nitrogens with one attached hydrogen (secondary N) is 1. The average molecular weight is 522 g/mol. The van der Waals surface area contributed by atoms with Gasteiger partial charge in [-0.1, -0.05) is 0 Å². The Morgan fingerprint density at radius 1 is 1.18 bits per heavy atom. The van der Waals surface area contributed by atoms with Crippen LogP contribution in [0.1, 0.15) is 59.9 Å². The molecule has 0 aliphatic carbocycles. The summed E-state index contributed by atoms with van der Waals surface area (Å²) in [7, 11) is 0. The van der Waals surface area contributed by atoms with Gasteiger partial charge in [0.25, 0.3) is 11.9 Å². The third kappa shape index (κ3) is 5.36.